The average Bonchev–Trinajstić information content (AvgIpc) is 2.65. The molecule has 0 aliphatic carbocycles. The van der Waals surface area contributed by atoms with Crippen LogP contribution in [0.4, 0.5) is 10.1 Å². The smallest absolute Gasteiger partial charge is 0.163 e. The Bertz CT molecular complexity index is 1030. The van der Waals surface area contributed by atoms with Crippen LogP contribution < -0.4 is 10.2 Å². The first-order chi connectivity index (χ1) is 14.4. The van der Waals surface area contributed by atoms with E-state index in [4.69, 9.17) is 4.74 Å². The van der Waals surface area contributed by atoms with Crippen molar-refractivity contribution in [1.82, 2.24) is 5.32 Å². The van der Waals surface area contributed by atoms with Gasteiger partial charge in [0.2, 0.25) is 0 Å². The van der Waals surface area contributed by atoms with Crippen LogP contribution in [0.25, 0.3) is 0 Å². The van der Waals surface area contributed by atoms with Crippen molar-refractivity contribution in [3.8, 4) is 0 Å². The summed E-state index contributed by atoms with van der Waals surface area (Å²) in [6.07, 6.45) is 1.23. The highest BCUT2D eigenvalue weighted by atomic mass is 32.2. The van der Waals surface area contributed by atoms with Gasteiger partial charge in [-0.1, -0.05) is 36.4 Å². The fourth-order valence-electron chi connectivity index (χ4n) is 4.89. The summed E-state index contributed by atoms with van der Waals surface area (Å²) in [6, 6.07) is 14.2. The number of ether oxygens (including phenoxy) is 1. The van der Waals surface area contributed by atoms with Gasteiger partial charge in [0, 0.05) is 37.8 Å². The van der Waals surface area contributed by atoms with Crippen LogP contribution in [-0.2, 0) is 21.0 Å². The number of halogens is 1. The molecule has 2 aromatic carbocycles. The third-order valence-corrected chi connectivity index (χ3v) is 9.57. The molecule has 0 radical (unpaired) electrons. The first-order valence-electron chi connectivity index (χ1n) is 10.6. The Morgan fingerprint density at radius 1 is 1.20 bits per heavy atom. The molecule has 2 aromatic rings. The number of sulfone groups is 1. The number of hydrogen-bond acceptors (Lipinski definition) is 5. The molecule has 3 aliphatic rings. The lowest BCUT2D eigenvalue weighted by Crippen LogP contribution is -2.68. The summed E-state index contributed by atoms with van der Waals surface area (Å²) in [5.41, 5.74) is 2.04. The van der Waals surface area contributed by atoms with Gasteiger partial charge in [0.1, 0.15) is 11.4 Å². The monoisotopic (exact) mass is 430 g/mol. The lowest BCUT2D eigenvalue weighted by molar-refractivity contribution is -0.160. The van der Waals surface area contributed by atoms with Crippen LogP contribution >= 0.6 is 0 Å². The standard InChI is InChI=1S/C23H27FN2O3S/c1-16-21(30(27,28)22(13-25-16)17-5-3-2-4-6-17)11-18-7-8-19(12-20(18)24)26-14-23(15-26)9-10-29-23/h2-8,12,16,21-22,25H,9-11,13-15H2,1H3/t16-,21?,22-/m0/s1. The molecule has 0 saturated carbocycles. The van der Waals surface area contributed by atoms with Gasteiger partial charge in [-0.2, -0.15) is 0 Å². The zero-order valence-corrected chi connectivity index (χ0v) is 17.9. The number of benzene rings is 2. The number of hydrogen-bond donors (Lipinski definition) is 1. The Hall–Kier alpha value is -1.96. The van der Waals surface area contributed by atoms with Gasteiger partial charge in [-0.3, -0.25) is 0 Å². The van der Waals surface area contributed by atoms with Crippen molar-refractivity contribution in [2.75, 3.05) is 31.1 Å². The van der Waals surface area contributed by atoms with Crippen molar-refractivity contribution in [1.29, 1.82) is 0 Å². The highest BCUT2D eigenvalue weighted by Gasteiger charge is 2.49. The molecule has 0 bridgehead atoms. The van der Waals surface area contributed by atoms with Gasteiger partial charge in [0.25, 0.3) is 0 Å². The molecule has 3 atom stereocenters. The zero-order chi connectivity index (χ0) is 20.9. The van der Waals surface area contributed by atoms with Gasteiger partial charge in [-0.15, -0.1) is 0 Å². The third-order valence-electron chi connectivity index (χ3n) is 6.92. The van der Waals surface area contributed by atoms with Gasteiger partial charge >= 0.3 is 0 Å². The van der Waals surface area contributed by atoms with Crippen molar-refractivity contribution in [3.63, 3.8) is 0 Å². The molecule has 7 heteroatoms. The first-order valence-corrected chi connectivity index (χ1v) is 12.2. The molecule has 5 nitrogen and oxygen atoms in total. The van der Waals surface area contributed by atoms with Gasteiger partial charge in [0.15, 0.2) is 9.84 Å². The topological polar surface area (TPSA) is 58.6 Å². The van der Waals surface area contributed by atoms with Crippen molar-refractivity contribution >= 4 is 15.5 Å². The predicted molar refractivity (Wildman–Crippen MR) is 115 cm³/mol. The van der Waals surface area contributed by atoms with Gasteiger partial charge in [0.05, 0.1) is 17.1 Å². The molecule has 3 heterocycles. The molecule has 3 saturated heterocycles. The summed E-state index contributed by atoms with van der Waals surface area (Å²) >= 11 is 0. The molecule has 5 rings (SSSR count). The van der Waals surface area contributed by atoms with Crippen LogP contribution in [0.5, 0.6) is 0 Å². The molecule has 0 aromatic heterocycles. The van der Waals surface area contributed by atoms with E-state index in [1.807, 2.05) is 43.3 Å². The molecule has 1 unspecified atom stereocenters. The number of anilines is 1. The summed E-state index contributed by atoms with van der Waals surface area (Å²) in [4.78, 5) is 2.11. The second-order valence-electron chi connectivity index (χ2n) is 8.84. The van der Waals surface area contributed by atoms with Gasteiger partial charge < -0.3 is 15.0 Å². The highest BCUT2D eigenvalue weighted by Crippen LogP contribution is 2.39. The third kappa shape index (κ3) is 3.33. The van der Waals surface area contributed by atoms with Crippen molar-refractivity contribution in [2.45, 2.75) is 41.9 Å². The molecule has 30 heavy (non-hydrogen) atoms. The van der Waals surface area contributed by atoms with E-state index in [2.05, 4.69) is 10.2 Å². The molecule has 3 fully saturated rings. The average molecular weight is 431 g/mol. The second kappa shape index (κ2) is 7.32. The maximum atomic E-state index is 14.9. The Balaban J connectivity index is 1.35. The van der Waals surface area contributed by atoms with Crippen LogP contribution in [-0.4, -0.2) is 51.6 Å². The van der Waals surface area contributed by atoms with E-state index in [0.29, 0.717) is 12.1 Å². The number of rotatable bonds is 4. The van der Waals surface area contributed by atoms with E-state index < -0.39 is 20.3 Å². The van der Waals surface area contributed by atoms with Crippen molar-refractivity contribution < 1.29 is 17.5 Å². The first kappa shape index (κ1) is 20.0. The normalized spacial score (nSPS) is 29.3. The highest BCUT2D eigenvalue weighted by molar-refractivity contribution is 7.92. The van der Waals surface area contributed by atoms with E-state index in [-0.39, 0.29) is 23.9 Å². The summed E-state index contributed by atoms with van der Waals surface area (Å²) in [5.74, 6) is -0.341. The fraction of sp³-hybridized carbons (Fsp3) is 0.478. The van der Waals surface area contributed by atoms with Crippen LogP contribution in [0.2, 0.25) is 0 Å². The summed E-state index contributed by atoms with van der Waals surface area (Å²) in [6.45, 7) is 4.65. The van der Waals surface area contributed by atoms with Crippen LogP contribution in [0.1, 0.15) is 29.7 Å². The van der Waals surface area contributed by atoms with Crippen LogP contribution in [0, 0.1) is 5.82 Å². The number of nitrogens with one attached hydrogen (secondary N) is 1. The van der Waals surface area contributed by atoms with E-state index in [1.54, 1.807) is 6.07 Å². The molecule has 1 N–H and O–H groups in total. The van der Waals surface area contributed by atoms with E-state index >= 15 is 0 Å². The molecule has 1 spiro atoms. The largest absolute Gasteiger partial charge is 0.371 e. The van der Waals surface area contributed by atoms with Gasteiger partial charge in [-0.05, 0) is 36.6 Å². The fourth-order valence-corrected chi connectivity index (χ4v) is 7.26. The van der Waals surface area contributed by atoms with E-state index in [0.717, 1.165) is 37.4 Å². The van der Waals surface area contributed by atoms with Crippen molar-refractivity contribution in [2.24, 2.45) is 0 Å². The van der Waals surface area contributed by atoms with Crippen LogP contribution in [0.3, 0.4) is 0 Å². The van der Waals surface area contributed by atoms with E-state index in [9.17, 15) is 12.8 Å². The lowest BCUT2D eigenvalue weighted by atomic mass is 9.86. The molecular weight excluding hydrogens is 403 g/mol. The number of nitrogens with zero attached hydrogens (tertiary/aromatic N) is 1. The summed E-state index contributed by atoms with van der Waals surface area (Å²) < 4.78 is 47.4. The summed E-state index contributed by atoms with van der Waals surface area (Å²) in [7, 11) is -3.47. The maximum Gasteiger partial charge on any atom is 0.163 e. The Labute approximate surface area is 177 Å². The lowest BCUT2D eigenvalue weighted by Gasteiger charge is -2.56. The Morgan fingerprint density at radius 2 is 1.93 bits per heavy atom. The molecule has 0 amide bonds. The minimum absolute atomic E-state index is 0.0150. The zero-order valence-electron chi connectivity index (χ0n) is 17.1. The summed E-state index contributed by atoms with van der Waals surface area (Å²) in [5, 5.41) is 2.04. The predicted octanol–water partition coefficient (Wildman–Crippen LogP) is 2.86. The Kier molecular flexibility index (Phi) is 4.87. The minimum atomic E-state index is -3.47. The molecular formula is C23H27FN2O3S. The molecule has 160 valence electrons. The minimum Gasteiger partial charge on any atom is -0.371 e. The van der Waals surface area contributed by atoms with E-state index in [1.165, 1.54) is 6.07 Å². The maximum absolute atomic E-state index is 14.9. The Morgan fingerprint density at radius 3 is 2.57 bits per heavy atom. The quantitative estimate of drug-likeness (QED) is 0.808. The van der Waals surface area contributed by atoms with Crippen molar-refractivity contribution in [3.05, 3.63) is 65.5 Å². The SMILES string of the molecule is C[C@@H]1NC[C@@H](c2ccccc2)S(=O)(=O)C1Cc1ccc(N2CC3(CCO3)C2)cc1F. The van der Waals surface area contributed by atoms with Crippen LogP contribution in [0.15, 0.2) is 48.5 Å². The van der Waals surface area contributed by atoms with Gasteiger partial charge in [-0.25, -0.2) is 12.8 Å². The molecule has 3 aliphatic heterocycles. The second-order valence-corrected chi connectivity index (χ2v) is 11.2.